The minimum atomic E-state index is -1.08. The van der Waals surface area contributed by atoms with Crippen LogP contribution in [0.2, 0.25) is 0 Å². The fraction of sp³-hybridized carbons (Fsp3) is 0.214. The lowest BCUT2D eigenvalue weighted by molar-refractivity contribution is 0.416. The second kappa shape index (κ2) is 7.54. The summed E-state index contributed by atoms with van der Waals surface area (Å²) in [6.45, 7) is 3.55. The minimum absolute atomic E-state index is 0.286. The van der Waals surface area contributed by atoms with Gasteiger partial charge in [0.25, 0.3) is 0 Å². The van der Waals surface area contributed by atoms with E-state index in [2.05, 4.69) is 27.5 Å². The van der Waals surface area contributed by atoms with Gasteiger partial charge in [-0.25, -0.2) is 4.98 Å². The molecule has 0 saturated heterocycles. The highest BCUT2D eigenvalue weighted by Gasteiger charge is 2.12. The Balaban J connectivity index is 2.22. The van der Waals surface area contributed by atoms with Crippen molar-refractivity contribution in [3.8, 4) is 16.3 Å². The van der Waals surface area contributed by atoms with Gasteiger partial charge >= 0.3 is 0 Å². The first-order valence-electron chi connectivity index (χ1n) is 5.96. The normalized spacial score (nSPS) is 12.1. The van der Waals surface area contributed by atoms with Gasteiger partial charge in [0.05, 0.1) is 29.9 Å². The van der Waals surface area contributed by atoms with Gasteiger partial charge in [-0.3, -0.25) is 4.21 Å². The third kappa shape index (κ3) is 4.64. The van der Waals surface area contributed by atoms with Crippen LogP contribution in [-0.4, -0.2) is 22.1 Å². The molecular weight excluding hydrogens is 394 g/mol. The maximum absolute atomic E-state index is 11.8. The Hall–Kier alpha value is -0.690. The van der Waals surface area contributed by atoms with E-state index in [4.69, 9.17) is 16.3 Å². The summed E-state index contributed by atoms with van der Waals surface area (Å²) in [5, 5.41) is 3.15. The number of nitrogens with zero attached hydrogens (tertiary/aromatic N) is 1. The Labute approximate surface area is 143 Å². The van der Waals surface area contributed by atoms with E-state index in [1.807, 2.05) is 23.6 Å². The number of hydrogen-bond donors (Lipinski definition) is 0. The van der Waals surface area contributed by atoms with E-state index < -0.39 is 10.8 Å². The quantitative estimate of drug-likeness (QED) is 0.704. The molecule has 0 N–H and O–H groups in total. The first kappa shape index (κ1) is 16.7. The van der Waals surface area contributed by atoms with Crippen molar-refractivity contribution in [2.75, 3.05) is 12.9 Å². The van der Waals surface area contributed by atoms with Crippen molar-refractivity contribution in [3.63, 3.8) is 0 Å². The van der Waals surface area contributed by atoms with Gasteiger partial charge in [-0.05, 0) is 18.2 Å². The highest BCUT2D eigenvalue weighted by molar-refractivity contribution is 9.10. The van der Waals surface area contributed by atoms with Gasteiger partial charge in [-0.15, -0.1) is 11.3 Å². The smallest absolute Gasteiger partial charge is 0.129 e. The van der Waals surface area contributed by atoms with Crippen molar-refractivity contribution in [1.82, 2.24) is 4.98 Å². The molecule has 0 aliphatic heterocycles. The SMILES string of the molecule is C=C(Cl)C[S@](=O)Cc1csc(-c2cc(Br)ccc2OC)n1. The molecule has 1 heterocycles. The molecule has 2 aromatic rings. The van der Waals surface area contributed by atoms with E-state index in [-0.39, 0.29) is 5.75 Å². The Morgan fingerprint density at radius 1 is 1.57 bits per heavy atom. The van der Waals surface area contributed by atoms with Crippen LogP contribution in [0.3, 0.4) is 0 Å². The zero-order chi connectivity index (χ0) is 15.4. The molecule has 0 amide bonds. The third-order valence-electron chi connectivity index (χ3n) is 2.57. The Morgan fingerprint density at radius 2 is 2.33 bits per heavy atom. The first-order chi connectivity index (χ1) is 9.99. The summed E-state index contributed by atoms with van der Waals surface area (Å²) in [6.07, 6.45) is 0. The number of benzene rings is 1. The van der Waals surface area contributed by atoms with Gasteiger partial charge in [-0.2, -0.15) is 0 Å². The van der Waals surface area contributed by atoms with Crippen LogP contribution in [-0.2, 0) is 16.6 Å². The summed E-state index contributed by atoms with van der Waals surface area (Å²) < 4.78 is 18.2. The van der Waals surface area contributed by atoms with Gasteiger partial charge in [0.1, 0.15) is 10.8 Å². The van der Waals surface area contributed by atoms with E-state index in [0.29, 0.717) is 10.8 Å². The number of methoxy groups -OCH3 is 1. The molecule has 0 fully saturated rings. The lowest BCUT2D eigenvalue weighted by Crippen LogP contribution is -2.01. The number of aromatic nitrogens is 1. The Kier molecular flexibility index (Phi) is 5.98. The number of rotatable bonds is 6. The Bertz CT molecular complexity index is 687. The zero-order valence-electron chi connectivity index (χ0n) is 11.3. The summed E-state index contributed by atoms with van der Waals surface area (Å²) in [7, 11) is 0.544. The monoisotopic (exact) mass is 405 g/mol. The average Bonchev–Trinajstić information content (AvgIpc) is 2.85. The van der Waals surface area contributed by atoms with E-state index in [0.717, 1.165) is 26.5 Å². The molecule has 0 bridgehead atoms. The summed E-state index contributed by atoms with van der Waals surface area (Å²) in [6, 6.07) is 5.76. The van der Waals surface area contributed by atoms with Crippen molar-refractivity contribution in [2.45, 2.75) is 5.75 Å². The second-order valence-corrected chi connectivity index (χ2v) is 8.00. The molecule has 0 saturated carbocycles. The molecule has 0 spiro atoms. The van der Waals surface area contributed by atoms with Crippen molar-refractivity contribution < 1.29 is 8.95 Å². The number of ether oxygens (including phenoxy) is 1. The molecule has 2 rings (SSSR count). The van der Waals surface area contributed by atoms with Crippen LogP contribution >= 0.6 is 38.9 Å². The molecule has 0 radical (unpaired) electrons. The van der Waals surface area contributed by atoms with Crippen LogP contribution in [0.15, 0.2) is 39.7 Å². The minimum Gasteiger partial charge on any atom is -0.496 e. The predicted octanol–water partition coefficient (Wildman–Crippen LogP) is 4.58. The van der Waals surface area contributed by atoms with E-state index in [9.17, 15) is 4.21 Å². The molecule has 0 aliphatic rings. The van der Waals surface area contributed by atoms with Gasteiger partial charge in [0.2, 0.25) is 0 Å². The molecule has 1 aromatic heterocycles. The molecule has 7 heteroatoms. The lowest BCUT2D eigenvalue weighted by atomic mass is 10.2. The number of halogens is 2. The van der Waals surface area contributed by atoms with Crippen LogP contribution in [0, 0.1) is 0 Å². The largest absolute Gasteiger partial charge is 0.496 e. The molecular formula is C14H13BrClNO2S2. The first-order valence-corrected chi connectivity index (χ1v) is 9.50. The summed E-state index contributed by atoms with van der Waals surface area (Å²) in [4.78, 5) is 4.53. The van der Waals surface area contributed by atoms with Crippen molar-refractivity contribution in [1.29, 1.82) is 0 Å². The molecule has 1 atom stereocenters. The topological polar surface area (TPSA) is 39.2 Å². The van der Waals surface area contributed by atoms with Gasteiger partial charge in [-0.1, -0.05) is 34.1 Å². The standard InChI is InChI=1S/C14H13BrClNO2S2/c1-9(16)7-21(18)8-11-6-20-14(17-11)12-5-10(15)3-4-13(12)19-2/h3-6H,1,7-8H2,2H3/t21-/m0/s1. The Morgan fingerprint density at radius 3 is 3.00 bits per heavy atom. The maximum Gasteiger partial charge on any atom is 0.129 e. The molecule has 0 aliphatic carbocycles. The van der Waals surface area contributed by atoms with Crippen LogP contribution in [0.5, 0.6) is 5.75 Å². The van der Waals surface area contributed by atoms with E-state index >= 15 is 0 Å². The fourth-order valence-electron chi connectivity index (χ4n) is 1.73. The third-order valence-corrected chi connectivity index (χ3v) is 5.57. The maximum atomic E-state index is 11.8. The molecule has 1 aromatic carbocycles. The van der Waals surface area contributed by atoms with Crippen molar-refractivity contribution in [2.24, 2.45) is 0 Å². The van der Waals surface area contributed by atoms with Gasteiger partial charge in [0.15, 0.2) is 0 Å². The van der Waals surface area contributed by atoms with Crippen LogP contribution in [0.1, 0.15) is 5.69 Å². The zero-order valence-corrected chi connectivity index (χ0v) is 15.2. The number of hydrogen-bond acceptors (Lipinski definition) is 4. The van der Waals surface area contributed by atoms with Crippen molar-refractivity contribution >= 4 is 49.7 Å². The predicted molar refractivity (Wildman–Crippen MR) is 93.5 cm³/mol. The summed E-state index contributed by atoms with van der Waals surface area (Å²) in [5.74, 6) is 1.42. The summed E-state index contributed by atoms with van der Waals surface area (Å²) >= 11 is 10.6. The highest BCUT2D eigenvalue weighted by Crippen LogP contribution is 2.34. The van der Waals surface area contributed by atoms with Crippen molar-refractivity contribution in [3.05, 3.63) is 45.4 Å². The number of thiazole rings is 1. The highest BCUT2D eigenvalue weighted by atomic mass is 79.9. The van der Waals surface area contributed by atoms with Gasteiger partial charge < -0.3 is 4.74 Å². The fourth-order valence-corrected chi connectivity index (χ4v) is 4.34. The van der Waals surface area contributed by atoms with Crippen LogP contribution in [0.25, 0.3) is 10.6 Å². The molecule has 3 nitrogen and oxygen atoms in total. The van der Waals surface area contributed by atoms with E-state index in [1.165, 1.54) is 11.3 Å². The molecule has 112 valence electrons. The summed E-state index contributed by atoms with van der Waals surface area (Å²) in [5.41, 5.74) is 1.70. The second-order valence-electron chi connectivity index (χ2n) is 4.23. The lowest BCUT2D eigenvalue weighted by Gasteiger charge is -2.06. The van der Waals surface area contributed by atoms with Gasteiger partial charge in [0, 0.05) is 25.7 Å². The van der Waals surface area contributed by atoms with Crippen LogP contribution < -0.4 is 4.74 Å². The van der Waals surface area contributed by atoms with Crippen LogP contribution in [0.4, 0.5) is 0 Å². The molecule has 0 unspecified atom stereocenters. The average molecular weight is 407 g/mol. The molecule has 21 heavy (non-hydrogen) atoms. The van der Waals surface area contributed by atoms with E-state index in [1.54, 1.807) is 7.11 Å².